The van der Waals surface area contributed by atoms with E-state index in [4.69, 9.17) is 32.8 Å². The Bertz CT molecular complexity index is 1130. The molecule has 4 rings (SSSR count). The van der Waals surface area contributed by atoms with Gasteiger partial charge in [-0.25, -0.2) is 4.79 Å². The number of ether oxygens (including phenoxy) is 1. The highest BCUT2D eigenvalue weighted by Gasteiger charge is 2.39. The van der Waals surface area contributed by atoms with E-state index in [2.05, 4.69) is 0 Å². The first-order valence-electron chi connectivity index (χ1n) is 8.38. The van der Waals surface area contributed by atoms with Crippen LogP contribution in [0.5, 0.6) is 11.5 Å². The zero-order chi connectivity index (χ0) is 20.5. The van der Waals surface area contributed by atoms with Gasteiger partial charge in [0.2, 0.25) is 0 Å². The summed E-state index contributed by atoms with van der Waals surface area (Å²) in [6.45, 7) is 0. The third kappa shape index (κ3) is 3.44. The zero-order valence-electron chi connectivity index (χ0n) is 14.6. The molecule has 3 aromatic rings. The van der Waals surface area contributed by atoms with E-state index in [0.717, 1.165) is 0 Å². The van der Waals surface area contributed by atoms with E-state index in [1.165, 1.54) is 24.3 Å². The molecule has 1 aliphatic heterocycles. The number of imide groups is 1. The highest BCUT2D eigenvalue weighted by molar-refractivity contribution is 6.34. The topological polar surface area (TPSA) is 72.9 Å². The predicted octanol–water partition coefficient (Wildman–Crippen LogP) is 5.15. The molecule has 0 saturated heterocycles. The Hall–Kier alpha value is -3.35. The van der Waals surface area contributed by atoms with Crippen molar-refractivity contribution in [3.05, 3.63) is 93.5 Å². The second-order valence-corrected chi connectivity index (χ2v) is 6.79. The molecule has 0 fully saturated rings. The quantitative estimate of drug-likeness (QED) is 0.538. The van der Waals surface area contributed by atoms with Crippen molar-refractivity contribution in [2.45, 2.75) is 0 Å². The van der Waals surface area contributed by atoms with Crippen molar-refractivity contribution in [1.29, 1.82) is 0 Å². The van der Waals surface area contributed by atoms with E-state index in [1.54, 1.807) is 42.5 Å². The summed E-state index contributed by atoms with van der Waals surface area (Å²) in [6.07, 6.45) is 0. The van der Waals surface area contributed by atoms with Crippen molar-refractivity contribution in [3.63, 3.8) is 0 Å². The molecule has 0 radical (unpaired) electrons. The third-order valence-electron chi connectivity index (χ3n) is 4.17. The van der Waals surface area contributed by atoms with Crippen molar-refractivity contribution in [2.24, 2.45) is 0 Å². The molecule has 0 saturated carbocycles. The van der Waals surface area contributed by atoms with Gasteiger partial charge in [-0.2, -0.15) is 0 Å². The Balaban J connectivity index is 1.64. The fourth-order valence-electron chi connectivity index (χ4n) is 2.81. The Labute approximate surface area is 175 Å². The van der Waals surface area contributed by atoms with Gasteiger partial charge in [-0.3, -0.25) is 9.59 Å². The van der Waals surface area contributed by atoms with Gasteiger partial charge in [-0.1, -0.05) is 58.6 Å². The van der Waals surface area contributed by atoms with Crippen LogP contribution < -0.4 is 4.74 Å². The molecule has 1 heterocycles. The van der Waals surface area contributed by atoms with Gasteiger partial charge >= 0.3 is 5.97 Å². The van der Waals surface area contributed by atoms with E-state index in [1.807, 2.05) is 0 Å². The lowest BCUT2D eigenvalue weighted by Gasteiger charge is -2.16. The Morgan fingerprint density at radius 2 is 1.28 bits per heavy atom. The molecule has 1 aliphatic rings. The van der Waals surface area contributed by atoms with Crippen LogP contribution in [0.25, 0.3) is 0 Å². The van der Waals surface area contributed by atoms with Gasteiger partial charge < -0.3 is 9.57 Å². The van der Waals surface area contributed by atoms with E-state index in [-0.39, 0.29) is 27.5 Å². The second-order valence-electron chi connectivity index (χ2n) is 5.97. The molecule has 6 nitrogen and oxygen atoms in total. The summed E-state index contributed by atoms with van der Waals surface area (Å²) in [5.74, 6) is -2.13. The van der Waals surface area contributed by atoms with Gasteiger partial charge in [-0.05, 0) is 36.4 Å². The maximum absolute atomic E-state index is 12.8. The Kier molecular flexibility index (Phi) is 4.96. The maximum atomic E-state index is 12.8. The zero-order valence-corrected chi connectivity index (χ0v) is 16.1. The van der Waals surface area contributed by atoms with Crippen molar-refractivity contribution in [3.8, 4) is 11.5 Å². The monoisotopic (exact) mass is 427 g/mol. The molecule has 0 bridgehead atoms. The summed E-state index contributed by atoms with van der Waals surface area (Å²) in [7, 11) is 0. The summed E-state index contributed by atoms with van der Waals surface area (Å²) in [5, 5.41) is 0.763. The minimum absolute atomic E-state index is 0.0242. The van der Waals surface area contributed by atoms with Crippen LogP contribution in [0.15, 0.2) is 66.7 Å². The second kappa shape index (κ2) is 7.58. The van der Waals surface area contributed by atoms with E-state index in [0.29, 0.717) is 15.8 Å². The van der Waals surface area contributed by atoms with Crippen LogP contribution in [0.2, 0.25) is 10.0 Å². The number of carbonyl (C=O) groups excluding carboxylic acids is 3. The van der Waals surface area contributed by atoms with Crippen LogP contribution in [0.3, 0.4) is 0 Å². The molecule has 2 amide bonds. The first kappa shape index (κ1) is 19.0. The van der Waals surface area contributed by atoms with Crippen LogP contribution in [0.4, 0.5) is 0 Å². The fraction of sp³-hybridized carbons (Fsp3) is 0. The first-order valence-corrected chi connectivity index (χ1v) is 9.14. The van der Waals surface area contributed by atoms with Crippen LogP contribution in [-0.2, 0) is 4.84 Å². The molecule has 0 atom stereocenters. The molecular formula is C21H11Cl2NO5. The largest absolute Gasteiger partial charge is 0.455 e. The number of rotatable bonds is 4. The summed E-state index contributed by atoms with van der Waals surface area (Å²) < 4.78 is 5.72. The molecule has 0 aliphatic carbocycles. The molecule has 0 aromatic heterocycles. The number of hydrogen-bond acceptors (Lipinski definition) is 5. The Morgan fingerprint density at radius 3 is 1.93 bits per heavy atom. The van der Waals surface area contributed by atoms with Gasteiger partial charge in [0.1, 0.15) is 17.1 Å². The smallest absolute Gasteiger partial charge is 0.369 e. The van der Waals surface area contributed by atoms with E-state index < -0.39 is 17.8 Å². The number of para-hydroxylation sites is 1. The number of amides is 2. The molecule has 0 N–H and O–H groups in total. The lowest BCUT2D eigenvalue weighted by molar-refractivity contribution is -0.0585. The highest BCUT2D eigenvalue weighted by Crippen LogP contribution is 2.35. The fourth-order valence-corrected chi connectivity index (χ4v) is 3.23. The molecule has 0 spiro atoms. The average Bonchev–Trinajstić information content (AvgIpc) is 2.95. The first-order chi connectivity index (χ1) is 14.0. The minimum atomic E-state index is -1.02. The van der Waals surface area contributed by atoms with Crippen LogP contribution in [0.1, 0.15) is 31.1 Å². The maximum Gasteiger partial charge on any atom is 0.369 e. The Morgan fingerprint density at radius 1 is 0.724 bits per heavy atom. The van der Waals surface area contributed by atoms with Crippen LogP contribution in [-0.4, -0.2) is 22.8 Å². The normalized spacial score (nSPS) is 12.7. The highest BCUT2D eigenvalue weighted by atomic mass is 35.5. The summed E-state index contributed by atoms with van der Waals surface area (Å²) in [4.78, 5) is 42.7. The summed E-state index contributed by atoms with van der Waals surface area (Å²) >= 11 is 12.3. The predicted molar refractivity (Wildman–Crippen MR) is 105 cm³/mol. The van der Waals surface area contributed by atoms with E-state index in [9.17, 15) is 14.4 Å². The van der Waals surface area contributed by atoms with Gasteiger partial charge in [0.05, 0.1) is 21.2 Å². The number of hydroxylamine groups is 2. The number of fused-ring (bicyclic) bond motifs is 1. The van der Waals surface area contributed by atoms with Crippen molar-refractivity contribution < 1.29 is 24.0 Å². The SMILES string of the molecule is O=C(ON1C(=O)c2ccccc2C1=O)c1c(Cl)cccc1Oc1ccccc1Cl. The van der Waals surface area contributed by atoms with Crippen LogP contribution >= 0.6 is 23.2 Å². The number of carbonyl (C=O) groups is 3. The molecule has 0 unspecified atom stereocenters. The molecular weight excluding hydrogens is 417 g/mol. The van der Waals surface area contributed by atoms with Gasteiger partial charge in [0.15, 0.2) is 0 Å². The van der Waals surface area contributed by atoms with E-state index >= 15 is 0 Å². The van der Waals surface area contributed by atoms with Crippen LogP contribution in [0, 0.1) is 0 Å². The van der Waals surface area contributed by atoms with Crippen molar-refractivity contribution >= 4 is 41.0 Å². The van der Waals surface area contributed by atoms with Gasteiger partial charge in [-0.15, -0.1) is 0 Å². The molecule has 29 heavy (non-hydrogen) atoms. The average molecular weight is 428 g/mol. The lowest BCUT2D eigenvalue weighted by atomic mass is 10.1. The minimum Gasteiger partial charge on any atom is -0.455 e. The number of benzene rings is 3. The number of halogens is 2. The molecule has 144 valence electrons. The van der Waals surface area contributed by atoms with Gasteiger partial charge in [0, 0.05) is 0 Å². The molecule has 8 heteroatoms. The lowest BCUT2D eigenvalue weighted by Crippen LogP contribution is -2.32. The number of hydrogen-bond donors (Lipinski definition) is 0. The summed E-state index contributed by atoms with van der Waals surface area (Å²) in [6, 6.07) is 17.4. The standard InChI is InChI=1S/C21H11Cl2NO5/c22-14-8-3-4-10-16(14)28-17-11-5-9-15(23)18(17)21(27)29-24-19(25)12-6-1-2-7-13(12)20(24)26/h1-11H. The third-order valence-corrected chi connectivity index (χ3v) is 4.79. The van der Waals surface area contributed by atoms with Gasteiger partial charge in [0.25, 0.3) is 11.8 Å². The summed E-state index contributed by atoms with van der Waals surface area (Å²) in [5.41, 5.74) is 0.152. The molecule has 3 aromatic carbocycles. The van der Waals surface area contributed by atoms with Crippen molar-refractivity contribution in [1.82, 2.24) is 5.06 Å². The van der Waals surface area contributed by atoms with Crippen molar-refractivity contribution in [2.75, 3.05) is 0 Å². The number of nitrogens with zero attached hydrogens (tertiary/aromatic N) is 1.